The van der Waals surface area contributed by atoms with E-state index in [0.717, 1.165) is 25.5 Å². The molecule has 1 aromatic heterocycles. The van der Waals surface area contributed by atoms with E-state index in [1.807, 2.05) is 0 Å². The number of aromatic nitrogens is 2. The average Bonchev–Trinajstić information content (AvgIpc) is 2.31. The van der Waals surface area contributed by atoms with E-state index in [-0.39, 0.29) is 6.10 Å². The summed E-state index contributed by atoms with van der Waals surface area (Å²) in [5.41, 5.74) is 6.16. The van der Waals surface area contributed by atoms with E-state index in [9.17, 15) is 0 Å². The predicted octanol–water partition coefficient (Wildman–Crippen LogP) is 0.920. The molecule has 1 fully saturated rings. The molecule has 5 nitrogen and oxygen atoms in total. The van der Waals surface area contributed by atoms with Crippen molar-refractivity contribution < 1.29 is 4.74 Å². The van der Waals surface area contributed by atoms with Crippen LogP contribution in [0.3, 0.4) is 0 Å². The highest BCUT2D eigenvalue weighted by Gasteiger charge is 2.27. The van der Waals surface area contributed by atoms with Crippen molar-refractivity contribution in [1.29, 1.82) is 0 Å². The number of anilines is 2. The third-order valence-electron chi connectivity index (χ3n) is 3.13. The zero-order chi connectivity index (χ0) is 11.5. The molecule has 0 bridgehead atoms. The molecule has 1 saturated heterocycles. The van der Waals surface area contributed by atoms with Crippen LogP contribution >= 0.6 is 0 Å². The minimum atomic E-state index is 0.259. The van der Waals surface area contributed by atoms with Crippen molar-refractivity contribution >= 4 is 11.6 Å². The van der Waals surface area contributed by atoms with Gasteiger partial charge in [-0.1, -0.05) is 6.92 Å². The first-order valence-corrected chi connectivity index (χ1v) is 5.56. The molecule has 0 amide bonds. The molecule has 2 unspecified atom stereocenters. The van der Waals surface area contributed by atoms with Gasteiger partial charge in [-0.3, -0.25) is 0 Å². The van der Waals surface area contributed by atoms with Crippen LogP contribution in [0.4, 0.5) is 11.6 Å². The van der Waals surface area contributed by atoms with Gasteiger partial charge in [0.25, 0.3) is 0 Å². The highest BCUT2D eigenvalue weighted by molar-refractivity contribution is 5.38. The molecule has 2 heterocycles. The lowest BCUT2D eigenvalue weighted by Gasteiger charge is -2.36. The first kappa shape index (κ1) is 11.1. The summed E-state index contributed by atoms with van der Waals surface area (Å²) < 4.78 is 5.46. The van der Waals surface area contributed by atoms with E-state index in [2.05, 4.69) is 21.8 Å². The van der Waals surface area contributed by atoms with Gasteiger partial charge in [0, 0.05) is 20.2 Å². The molecule has 0 aliphatic carbocycles. The molecule has 0 aromatic carbocycles. The monoisotopic (exact) mass is 222 g/mol. The number of methoxy groups -OCH3 is 1. The summed E-state index contributed by atoms with van der Waals surface area (Å²) in [6.45, 7) is 4.04. The first-order chi connectivity index (χ1) is 7.70. The second kappa shape index (κ2) is 4.65. The SMILES string of the molecule is COC1CN(c2ncc(N)cn2)CCC1C. The molecule has 0 radical (unpaired) electrons. The Kier molecular flexibility index (Phi) is 3.24. The lowest BCUT2D eigenvalue weighted by Crippen LogP contribution is -2.44. The largest absolute Gasteiger partial charge is 0.396 e. The molecule has 0 saturated carbocycles. The van der Waals surface area contributed by atoms with Gasteiger partial charge >= 0.3 is 0 Å². The first-order valence-electron chi connectivity index (χ1n) is 5.56. The van der Waals surface area contributed by atoms with Gasteiger partial charge in [0.1, 0.15) is 0 Å². The maximum absolute atomic E-state index is 5.56. The van der Waals surface area contributed by atoms with Gasteiger partial charge in [0.15, 0.2) is 0 Å². The van der Waals surface area contributed by atoms with Crippen molar-refractivity contribution in [3.63, 3.8) is 0 Å². The number of nitrogen functional groups attached to an aromatic ring is 1. The van der Waals surface area contributed by atoms with Crippen molar-refractivity contribution in [1.82, 2.24) is 9.97 Å². The Morgan fingerprint density at radius 2 is 2.12 bits per heavy atom. The summed E-state index contributed by atoms with van der Waals surface area (Å²) in [4.78, 5) is 10.6. The molecule has 0 spiro atoms. The van der Waals surface area contributed by atoms with Crippen LogP contribution < -0.4 is 10.6 Å². The number of ether oxygens (including phenoxy) is 1. The standard InChI is InChI=1S/C11H18N4O/c1-8-3-4-15(7-10(8)16-2)11-13-5-9(12)6-14-11/h5-6,8,10H,3-4,7,12H2,1-2H3. The zero-order valence-corrected chi connectivity index (χ0v) is 9.76. The second-order valence-corrected chi connectivity index (χ2v) is 4.30. The summed E-state index contributed by atoms with van der Waals surface area (Å²) in [6.07, 6.45) is 4.64. The van der Waals surface area contributed by atoms with Gasteiger partial charge in [-0.25, -0.2) is 9.97 Å². The van der Waals surface area contributed by atoms with Gasteiger partial charge in [-0.05, 0) is 12.3 Å². The lowest BCUT2D eigenvalue weighted by atomic mass is 9.96. The maximum Gasteiger partial charge on any atom is 0.225 e. The van der Waals surface area contributed by atoms with E-state index in [0.29, 0.717) is 11.6 Å². The number of piperidine rings is 1. The number of nitrogens with two attached hydrogens (primary N) is 1. The minimum Gasteiger partial charge on any atom is -0.396 e. The summed E-state index contributed by atoms with van der Waals surface area (Å²) in [6, 6.07) is 0. The van der Waals surface area contributed by atoms with Crippen molar-refractivity contribution in [2.24, 2.45) is 5.92 Å². The molecule has 1 aromatic rings. The normalized spacial score (nSPS) is 25.8. The molecule has 2 atom stereocenters. The van der Waals surface area contributed by atoms with Gasteiger partial charge in [0.2, 0.25) is 5.95 Å². The van der Waals surface area contributed by atoms with Crippen LogP contribution in [0.5, 0.6) is 0 Å². The predicted molar refractivity (Wildman–Crippen MR) is 63.2 cm³/mol. The van der Waals surface area contributed by atoms with E-state index in [1.54, 1.807) is 19.5 Å². The topological polar surface area (TPSA) is 64.3 Å². The average molecular weight is 222 g/mol. The molecule has 5 heteroatoms. The molecular formula is C11H18N4O. The van der Waals surface area contributed by atoms with Crippen LogP contribution in [0.15, 0.2) is 12.4 Å². The van der Waals surface area contributed by atoms with Crippen LogP contribution in [-0.2, 0) is 4.74 Å². The third kappa shape index (κ3) is 2.24. The Balaban J connectivity index is 2.08. The van der Waals surface area contributed by atoms with Crippen molar-refractivity contribution in [2.45, 2.75) is 19.4 Å². The summed E-state index contributed by atoms with van der Waals surface area (Å²) in [5.74, 6) is 1.33. The quantitative estimate of drug-likeness (QED) is 0.806. The fraction of sp³-hybridized carbons (Fsp3) is 0.636. The molecule has 2 rings (SSSR count). The Hall–Kier alpha value is -1.36. The summed E-state index contributed by atoms with van der Waals surface area (Å²) in [5, 5.41) is 0. The number of hydrogen-bond acceptors (Lipinski definition) is 5. The maximum atomic E-state index is 5.56. The minimum absolute atomic E-state index is 0.259. The Morgan fingerprint density at radius 1 is 1.44 bits per heavy atom. The molecule has 2 N–H and O–H groups in total. The van der Waals surface area contributed by atoms with E-state index < -0.39 is 0 Å². The highest BCUT2D eigenvalue weighted by atomic mass is 16.5. The third-order valence-corrected chi connectivity index (χ3v) is 3.13. The van der Waals surface area contributed by atoms with Crippen molar-refractivity contribution in [2.75, 3.05) is 30.8 Å². The van der Waals surface area contributed by atoms with Crippen LogP contribution in [0.25, 0.3) is 0 Å². The Bertz CT molecular complexity index is 340. The summed E-state index contributed by atoms with van der Waals surface area (Å²) in [7, 11) is 1.76. The van der Waals surface area contributed by atoms with Gasteiger partial charge < -0.3 is 15.4 Å². The second-order valence-electron chi connectivity index (χ2n) is 4.30. The number of rotatable bonds is 2. The van der Waals surface area contributed by atoms with E-state index in [1.165, 1.54) is 0 Å². The number of nitrogens with zero attached hydrogens (tertiary/aromatic N) is 3. The molecule has 1 aliphatic rings. The van der Waals surface area contributed by atoms with E-state index in [4.69, 9.17) is 10.5 Å². The van der Waals surface area contributed by atoms with Crippen LogP contribution in [0, 0.1) is 5.92 Å². The fourth-order valence-electron chi connectivity index (χ4n) is 2.02. The molecular weight excluding hydrogens is 204 g/mol. The zero-order valence-electron chi connectivity index (χ0n) is 9.76. The lowest BCUT2D eigenvalue weighted by molar-refractivity contribution is 0.0494. The van der Waals surface area contributed by atoms with Gasteiger partial charge in [-0.2, -0.15) is 0 Å². The molecule has 1 aliphatic heterocycles. The molecule has 16 heavy (non-hydrogen) atoms. The summed E-state index contributed by atoms with van der Waals surface area (Å²) >= 11 is 0. The van der Waals surface area contributed by atoms with Gasteiger partial charge in [0.05, 0.1) is 24.2 Å². The van der Waals surface area contributed by atoms with E-state index >= 15 is 0 Å². The highest BCUT2D eigenvalue weighted by Crippen LogP contribution is 2.22. The smallest absolute Gasteiger partial charge is 0.225 e. The Labute approximate surface area is 95.6 Å². The fourth-order valence-corrected chi connectivity index (χ4v) is 2.02. The van der Waals surface area contributed by atoms with Gasteiger partial charge in [-0.15, -0.1) is 0 Å². The molecule has 88 valence electrons. The van der Waals surface area contributed by atoms with Crippen LogP contribution in [-0.4, -0.2) is 36.3 Å². The van der Waals surface area contributed by atoms with Crippen molar-refractivity contribution in [3.05, 3.63) is 12.4 Å². The Morgan fingerprint density at radius 3 is 2.75 bits per heavy atom. The van der Waals surface area contributed by atoms with Crippen LogP contribution in [0.2, 0.25) is 0 Å². The van der Waals surface area contributed by atoms with Crippen molar-refractivity contribution in [3.8, 4) is 0 Å². The van der Waals surface area contributed by atoms with Crippen LogP contribution in [0.1, 0.15) is 13.3 Å². The number of hydrogen-bond donors (Lipinski definition) is 1.